The van der Waals surface area contributed by atoms with Gasteiger partial charge in [-0.25, -0.2) is 9.37 Å². The number of halogens is 1. The number of nitrogens with zero attached hydrogens (tertiary/aromatic N) is 5. The maximum absolute atomic E-state index is 12.5. The molecule has 11 heteroatoms. The van der Waals surface area contributed by atoms with Crippen LogP contribution in [0.5, 0.6) is 0 Å². The van der Waals surface area contributed by atoms with E-state index in [9.17, 15) is 14.4 Å². The molecule has 2 aliphatic heterocycles. The average Bonchev–Trinajstić information content (AvgIpc) is 3.37. The Kier molecular flexibility index (Phi) is 5.08. The normalized spacial score (nSPS) is 18.3. The van der Waals surface area contributed by atoms with Gasteiger partial charge in [0.1, 0.15) is 5.69 Å². The Morgan fingerprint density at radius 1 is 1.23 bits per heavy atom. The van der Waals surface area contributed by atoms with Gasteiger partial charge in [0.05, 0.1) is 6.54 Å². The van der Waals surface area contributed by atoms with Crippen molar-refractivity contribution < 1.29 is 23.5 Å². The Hall–Kier alpha value is -3.53. The van der Waals surface area contributed by atoms with Crippen LogP contribution in [0, 0.1) is 0 Å². The smallest absolute Gasteiger partial charge is 0.333 e. The number of amidine groups is 1. The molecule has 10 nitrogen and oxygen atoms in total. The molecule has 1 unspecified atom stereocenters. The molecule has 4 amide bonds. The number of fused-ring (bicyclic) bond motifs is 1. The van der Waals surface area contributed by atoms with Gasteiger partial charge in [-0.15, -0.1) is 0 Å². The highest BCUT2D eigenvalue weighted by Crippen LogP contribution is 2.22. The average molecular weight is 430 g/mol. The van der Waals surface area contributed by atoms with Crippen LogP contribution in [-0.2, 0) is 16.1 Å². The first-order chi connectivity index (χ1) is 14.3. The van der Waals surface area contributed by atoms with Crippen LogP contribution in [0.25, 0.3) is 11.3 Å². The molecular weight excluding hydrogens is 412 g/mol. The molecule has 1 saturated heterocycles. The minimum atomic E-state index is -0.799. The maximum atomic E-state index is 12.5. The number of rotatable bonds is 5. The second kappa shape index (κ2) is 7.71. The molecule has 1 atom stereocenters. The number of amides is 4. The lowest BCUT2D eigenvalue weighted by molar-refractivity contribution is -0.519. The summed E-state index contributed by atoms with van der Waals surface area (Å²) in [6.45, 7) is 0.0650. The molecule has 0 spiro atoms. The Morgan fingerprint density at radius 3 is 2.70 bits per heavy atom. The van der Waals surface area contributed by atoms with Crippen molar-refractivity contribution in [2.75, 3.05) is 20.6 Å². The van der Waals surface area contributed by atoms with E-state index in [-0.39, 0.29) is 19.0 Å². The van der Waals surface area contributed by atoms with Gasteiger partial charge in [0.25, 0.3) is 30.0 Å². The zero-order valence-electron chi connectivity index (χ0n) is 16.2. The van der Waals surface area contributed by atoms with Crippen LogP contribution in [-0.4, -0.2) is 76.2 Å². The highest BCUT2D eigenvalue weighted by atomic mass is 35.5. The van der Waals surface area contributed by atoms with Crippen molar-refractivity contribution in [1.29, 1.82) is 0 Å². The zero-order chi connectivity index (χ0) is 21.4. The number of imide groups is 1. The van der Waals surface area contributed by atoms with E-state index in [1.165, 1.54) is 29.9 Å². The zero-order valence-corrected chi connectivity index (χ0v) is 17.0. The van der Waals surface area contributed by atoms with Gasteiger partial charge >= 0.3 is 6.03 Å². The summed E-state index contributed by atoms with van der Waals surface area (Å²) in [5.74, 6) is 0.113. The third-order valence-electron chi connectivity index (χ3n) is 4.88. The summed E-state index contributed by atoms with van der Waals surface area (Å²) >= 11 is 5.88. The van der Waals surface area contributed by atoms with Crippen LogP contribution in [0.15, 0.2) is 39.8 Å². The minimum absolute atomic E-state index is 0.0961. The molecule has 1 N–H and O–H groups in total. The van der Waals surface area contributed by atoms with E-state index >= 15 is 0 Å². The number of aliphatic imine (C=N–C) groups is 1. The Balaban J connectivity index is 1.35. The van der Waals surface area contributed by atoms with Crippen molar-refractivity contribution >= 4 is 41.6 Å². The van der Waals surface area contributed by atoms with Gasteiger partial charge in [-0.2, -0.15) is 0 Å². The minimum Gasteiger partial charge on any atom is -0.356 e. The van der Waals surface area contributed by atoms with E-state index in [0.717, 1.165) is 10.5 Å². The molecular formula is C19H18ClN6O4+. The van der Waals surface area contributed by atoms with Gasteiger partial charge in [-0.05, 0) is 29.3 Å². The lowest BCUT2D eigenvalue weighted by atomic mass is 10.1. The fourth-order valence-electron chi connectivity index (χ4n) is 3.23. The summed E-state index contributed by atoms with van der Waals surface area (Å²) in [6, 6.07) is 7.59. The lowest BCUT2D eigenvalue weighted by Gasteiger charge is -2.30. The molecule has 0 radical (unpaired) electrons. The van der Waals surface area contributed by atoms with Gasteiger partial charge in [0.2, 0.25) is 0 Å². The Bertz CT molecular complexity index is 1090. The third-order valence-corrected chi connectivity index (χ3v) is 5.13. The maximum Gasteiger partial charge on any atom is 0.333 e. The summed E-state index contributed by atoms with van der Waals surface area (Å²) in [6.07, 6.45) is 1.40. The molecule has 1 aromatic carbocycles. The van der Waals surface area contributed by atoms with Gasteiger partial charge in [-0.1, -0.05) is 16.8 Å². The van der Waals surface area contributed by atoms with Crippen molar-refractivity contribution in [3.05, 3.63) is 41.0 Å². The fraction of sp³-hybridized carbons (Fsp3) is 0.263. The van der Waals surface area contributed by atoms with Crippen LogP contribution in [0.1, 0.15) is 5.69 Å². The molecule has 1 aromatic heterocycles. The molecule has 0 saturated carbocycles. The van der Waals surface area contributed by atoms with E-state index in [4.69, 9.17) is 16.1 Å². The quantitative estimate of drug-likeness (QED) is 0.711. The van der Waals surface area contributed by atoms with Crippen LogP contribution >= 0.6 is 11.6 Å². The molecule has 3 heterocycles. The number of hydrogen-bond acceptors (Lipinski definition) is 6. The van der Waals surface area contributed by atoms with Crippen LogP contribution in [0.2, 0.25) is 5.02 Å². The van der Waals surface area contributed by atoms with Crippen molar-refractivity contribution in [2.24, 2.45) is 4.99 Å². The van der Waals surface area contributed by atoms with Crippen LogP contribution in [0.3, 0.4) is 0 Å². The number of carbonyl (C=O) groups is 3. The van der Waals surface area contributed by atoms with Crippen LogP contribution < -0.4 is 5.32 Å². The molecule has 30 heavy (non-hydrogen) atoms. The predicted octanol–water partition coefficient (Wildman–Crippen LogP) is 0.957. The number of carbonyl (C=O) groups excluding carboxylic acids is 3. The monoisotopic (exact) mass is 429 g/mol. The van der Waals surface area contributed by atoms with E-state index in [0.29, 0.717) is 22.3 Å². The van der Waals surface area contributed by atoms with E-state index in [1.807, 2.05) is 12.1 Å². The summed E-state index contributed by atoms with van der Waals surface area (Å²) < 4.78 is 6.80. The summed E-state index contributed by atoms with van der Waals surface area (Å²) in [7, 11) is 2.94. The second-order valence-electron chi connectivity index (χ2n) is 6.88. The topological polar surface area (TPSA) is 111 Å². The summed E-state index contributed by atoms with van der Waals surface area (Å²) in [5.41, 5.74) is 1.37. The second-order valence-corrected chi connectivity index (χ2v) is 7.32. The SMILES string of the molecule is CN1C(=O)C2C(=NC=[N+]2CC(=O)NCc2cc(-c3ccc(Cl)cc3)on2)N(C)C1=O. The molecule has 0 aliphatic carbocycles. The summed E-state index contributed by atoms with van der Waals surface area (Å²) in [4.78, 5) is 43.3. The lowest BCUT2D eigenvalue weighted by Crippen LogP contribution is -2.62. The molecule has 2 aliphatic rings. The number of nitrogens with one attached hydrogen (secondary N) is 1. The van der Waals surface area contributed by atoms with Gasteiger partial charge in [0, 0.05) is 30.7 Å². The van der Waals surface area contributed by atoms with Crippen molar-refractivity contribution in [1.82, 2.24) is 20.3 Å². The first-order valence-electron chi connectivity index (χ1n) is 9.05. The standard InChI is InChI=1S/C19H17ClN6O4/c1-24-17-16(18(28)25(2)19(24)29)26(10-22-17)9-15(27)21-8-13-7-14(30-23-13)11-3-5-12(20)6-4-11/h3-7,10,16H,8-9H2,1-2H3/p+1. The highest BCUT2D eigenvalue weighted by molar-refractivity contribution is 6.30. The van der Waals surface area contributed by atoms with Crippen LogP contribution in [0.4, 0.5) is 4.79 Å². The van der Waals surface area contributed by atoms with Crippen molar-refractivity contribution in [3.8, 4) is 11.3 Å². The number of benzene rings is 1. The predicted molar refractivity (Wildman–Crippen MR) is 107 cm³/mol. The number of likely N-dealkylation sites (N-methyl/N-ethyl adjacent to an activating group) is 2. The fourth-order valence-corrected chi connectivity index (χ4v) is 3.36. The van der Waals surface area contributed by atoms with Gasteiger partial charge < -0.3 is 9.84 Å². The molecule has 2 aromatic rings. The molecule has 1 fully saturated rings. The van der Waals surface area contributed by atoms with Gasteiger partial charge in [0.15, 0.2) is 12.3 Å². The first-order valence-corrected chi connectivity index (χ1v) is 9.43. The molecule has 4 rings (SSSR count). The van der Waals surface area contributed by atoms with Gasteiger partial charge in [-0.3, -0.25) is 19.4 Å². The number of hydrogen-bond donors (Lipinski definition) is 1. The Morgan fingerprint density at radius 2 is 1.97 bits per heavy atom. The Labute approximate surface area is 176 Å². The highest BCUT2D eigenvalue weighted by Gasteiger charge is 2.50. The van der Waals surface area contributed by atoms with Crippen molar-refractivity contribution in [3.63, 3.8) is 0 Å². The summed E-state index contributed by atoms with van der Waals surface area (Å²) in [5, 5.41) is 7.31. The van der Waals surface area contributed by atoms with E-state index in [2.05, 4.69) is 15.5 Å². The molecule has 0 bridgehead atoms. The van der Waals surface area contributed by atoms with Crippen molar-refractivity contribution in [2.45, 2.75) is 12.6 Å². The number of aromatic nitrogens is 1. The third kappa shape index (κ3) is 3.57. The molecule has 154 valence electrons. The largest absolute Gasteiger partial charge is 0.356 e. The first kappa shape index (κ1) is 19.8. The van der Waals surface area contributed by atoms with E-state index in [1.54, 1.807) is 18.2 Å². The number of urea groups is 1. The van der Waals surface area contributed by atoms with E-state index < -0.39 is 18.0 Å².